The normalized spacial score (nSPS) is 11.9. The number of aromatic nitrogens is 10. The molecule has 0 saturated carbocycles. The number of hydrogen-bond donors (Lipinski definition) is 0. The van der Waals surface area contributed by atoms with Gasteiger partial charge >= 0.3 is 0 Å². The van der Waals surface area contributed by atoms with Crippen molar-refractivity contribution in [3.05, 3.63) is 486 Å². The maximum Gasteiger partial charge on any atom is 0.145 e. The van der Waals surface area contributed by atoms with Gasteiger partial charge in [0, 0.05) is 163 Å². The van der Waals surface area contributed by atoms with Crippen LogP contribution in [0, 0.1) is 0 Å². The molecule has 0 unspecified atom stereocenters. The quantitative estimate of drug-likeness (QED) is 0.124. The van der Waals surface area contributed by atoms with Crippen LogP contribution in [0.1, 0.15) is 0 Å². The molecule has 32 rings (SSSR count). The van der Waals surface area contributed by atoms with Crippen molar-refractivity contribution in [1.82, 2.24) is 47.8 Å². The zero-order valence-electron chi connectivity index (χ0n) is 78.8. The van der Waals surface area contributed by atoms with Crippen LogP contribution in [0.3, 0.4) is 0 Å². The van der Waals surface area contributed by atoms with Gasteiger partial charge in [0.1, 0.15) is 50.3 Å². The van der Waals surface area contributed by atoms with Gasteiger partial charge in [0.2, 0.25) is 0 Å². The van der Waals surface area contributed by atoms with E-state index in [0.717, 1.165) is 210 Å². The van der Waals surface area contributed by atoms with Crippen LogP contribution in [0.25, 0.3) is 292 Å². The molecule has 0 aliphatic heterocycles. The highest BCUT2D eigenvalue weighted by molar-refractivity contribution is 6.17. The van der Waals surface area contributed by atoms with Crippen LogP contribution < -0.4 is 0 Å². The van der Waals surface area contributed by atoms with Crippen molar-refractivity contribution >= 4 is 197 Å². The van der Waals surface area contributed by atoms with E-state index in [1.807, 2.05) is 74.0 Å². The summed E-state index contributed by atoms with van der Waals surface area (Å²) in [4.78, 5) is 22.5. The largest absolute Gasteiger partial charge is 0.456 e. The number of hydrogen-bond acceptors (Lipinski definition) is 9. The van der Waals surface area contributed by atoms with Gasteiger partial charge < -0.3 is 35.9 Å². The Morgan fingerprint density at radius 2 is 0.388 bits per heavy atom. The molecule has 0 bridgehead atoms. The average molecular weight is 1880 g/mol. The molecule has 0 radical (unpaired) electrons. The minimum Gasteiger partial charge on any atom is -0.456 e. The second-order valence-electron chi connectivity index (χ2n) is 37.8. The molecule has 0 N–H and O–H groups in total. The molecule has 147 heavy (non-hydrogen) atoms. The van der Waals surface area contributed by atoms with E-state index in [4.69, 9.17) is 22.7 Å². The van der Waals surface area contributed by atoms with Crippen molar-refractivity contribution in [3.8, 4) is 95.2 Å². The highest BCUT2D eigenvalue weighted by Gasteiger charge is 2.24. The second kappa shape index (κ2) is 33.3. The Morgan fingerprint density at radius 1 is 0.136 bits per heavy atom. The first kappa shape index (κ1) is 82.8. The van der Waals surface area contributed by atoms with Crippen molar-refractivity contribution in [2.24, 2.45) is 0 Å². The number of nitrogens with zero attached hydrogens (tertiary/aromatic N) is 10. The topological polar surface area (TPSA) is 142 Å². The van der Waals surface area contributed by atoms with E-state index in [9.17, 15) is 0 Å². The van der Waals surface area contributed by atoms with E-state index in [1.54, 1.807) is 0 Å². The molecule has 0 saturated heterocycles. The molecule has 14 nitrogen and oxygen atoms in total. The van der Waals surface area contributed by atoms with E-state index < -0.39 is 0 Å². The Kier molecular flexibility index (Phi) is 18.7. The van der Waals surface area contributed by atoms with E-state index in [-0.39, 0.29) is 0 Å². The molecule has 14 heterocycles. The van der Waals surface area contributed by atoms with E-state index in [1.165, 1.54) is 82.4 Å². The second-order valence-corrected chi connectivity index (χ2v) is 37.8. The molecular weight excluding hydrogens is 1800 g/mol. The first-order chi connectivity index (χ1) is 72.8. The summed E-state index contributed by atoms with van der Waals surface area (Å²) in [5.74, 6) is 0. The Labute approximate surface area is 838 Å². The van der Waals surface area contributed by atoms with Crippen molar-refractivity contribution in [1.29, 1.82) is 0 Å². The van der Waals surface area contributed by atoms with Gasteiger partial charge in [-0.05, 0) is 285 Å². The van der Waals surface area contributed by atoms with Crippen molar-refractivity contribution in [2.45, 2.75) is 0 Å². The maximum atomic E-state index is 6.36. The summed E-state index contributed by atoms with van der Waals surface area (Å²) >= 11 is 0. The van der Waals surface area contributed by atoms with Gasteiger partial charge in [0.15, 0.2) is 0 Å². The molecule has 14 aromatic heterocycles. The highest BCUT2D eigenvalue weighted by Crippen LogP contribution is 2.46. The van der Waals surface area contributed by atoms with Gasteiger partial charge in [0.25, 0.3) is 0 Å². The third-order valence-electron chi connectivity index (χ3n) is 29.6. The third-order valence-corrected chi connectivity index (χ3v) is 29.6. The number of para-hydroxylation sites is 6. The molecule has 32 aromatic rings. The Balaban J connectivity index is 0.000000102. The predicted octanol–water partition coefficient (Wildman–Crippen LogP) is 35.1. The standard InChI is InChI=1S/C47H28N2O2.C46H28N4O.C40H24N4O/c1-3-15-42-36(12-1)38-14-7-23-48-47(38)49(42)35-19-22-46-41(28-35)40-27-34(18-21-45(40)51-46)32-11-6-9-30(25-32)29-8-5-10-31(24-29)33-17-20-44-39(26-33)37-13-2-4-16-43(37)50-44;1-3-13-41-35(11-1)36-12-2-4-14-42(36)49(41)33-10-6-9-31(24-33)29-7-5-8-30(23-29)32-15-17-45-39(25-32)40-26-34(16-18-46(40)51-45)50-43-27-47-21-19-37(43)38-20-22-48-28-44(38)50;1-3-10-35-29(8-1)30-9-2-4-11-36(30)43(35)27-7-5-6-25(20-27)26-12-14-39-32(21-26)33-22-28(13-15-40(33)45-39)44-37-17-19-41-23-34(37)31-16-18-42-24-38(31)44/h2*1-28H;1-24H. The molecule has 0 aliphatic carbocycles. The van der Waals surface area contributed by atoms with Crippen molar-refractivity contribution < 1.29 is 17.7 Å². The lowest BCUT2D eigenvalue weighted by Gasteiger charge is -2.11. The highest BCUT2D eigenvalue weighted by atomic mass is 16.3. The predicted molar refractivity (Wildman–Crippen MR) is 602 cm³/mol. The van der Waals surface area contributed by atoms with Crippen LogP contribution in [0.4, 0.5) is 0 Å². The summed E-state index contributed by atoms with van der Waals surface area (Å²) in [6, 6.07) is 153. The summed E-state index contributed by atoms with van der Waals surface area (Å²) in [7, 11) is 0. The Morgan fingerprint density at radius 3 is 0.789 bits per heavy atom. The fourth-order valence-electron chi connectivity index (χ4n) is 22.9. The Hall–Kier alpha value is -20.1. The minimum atomic E-state index is 0.860. The third kappa shape index (κ3) is 13.5. The first-order valence-electron chi connectivity index (χ1n) is 49.4. The van der Waals surface area contributed by atoms with Crippen LogP contribution in [-0.4, -0.2) is 47.8 Å². The molecule has 18 aromatic carbocycles. The van der Waals surface area contributed by atoms with Gasteiger partial charge in [-0.2, -0.15) is 0 Å². The zero-order chi connectivity index (χ0) is 96.4. The minimum absolute atomic E-state index is 0.860. The van der Waals surface area contributed by atoms with Gasteiger partial charge in [-0.25, -0.2) is 4.98 Å². The number of fused-ring (bicyclic) bond motifs is 27. The average Bonchev–Trinajstić information content (AvgIpc) is 1.59. The van der Waals surface area contributed by atoms with Crippen LogP contribution in [0.5, 0.6) is 0 Å². The number of furan rings is 4. The molecule has 0 fully saturated rings. The zero-order valence-corrected chi connectivity index (χ0v) is 78.8. The molecule has 0 amide bonds. The summed E-state index contributed by atoms with van der Waals surface area (Å²) in [6.07, 6.45) is 16.9. The van der Waals surface area contributed by atoms with Crippen LogP contribution in [-0.2, 0) is 0 Å². The molecule has 686 valence electrons. The summed E-state index contributed by atoms with van der Waals surface area (Å²) in [5.41, 5.74) is 37.5. The lowest BCUT2D eigenvalue weighted by Crippen LogP contribution is -1.94. The first-order valence-corrected chi connectivity index (χ1v) is 49.4. The number of benzene rings is 18. The molecule has 0 atom stereocenters. The van der Waals surface area contributed by atoms with Crippen molar-refractivity contribution in [3.63, 3.8) is 0 Å². The molecule has 14 heteroatoms. The molecular formula is C133H80N10O4. The summed E-state index contributed by atoms with van der Waals surface area (Å²) in [6.45, 7) is 0. The SMILES string of the molecule is c1cc(-c2ccc3oc4ccc(-n5c6ccncc6c6ccncc65)cc4c3c2)cc(-n2c3ccccc3c3ccccc32)c1.c1cc(-c2cccc(-c3ccc4oc5ccc(-n6c7ccccc7c7cccnc76)cc5c4c3)c2)cc(-c2ccc3oc4ccccc4c3c2)c1.c1cc(-c2cccc(-n3c4ccccc4c4ccccc43)c2)cc(-c2ccc3oc4ccc(-n5c6cnccc6c6ccncc65)cc4c3c2)c1. The summed E-state index contributed by atoms with van der Waals surface area (Å²) in [5, 5.41) is 20.7. The monoisotopic (exact) mass is 1880 g/mol. The van der Waals surface area contributed by atoms with E-state index in [2.05, 4.69) is 455 Å². The van der Waals surface area contributed by atoms with Crippen molar-refractivity contribution in [2.75, 3.05) is 0 Å². The summed E-state index contributed by atoms with van der Waals surface area (Å²) < 4.78 is 36.6. The van der Waals surface area contributed by atoms with Crippen LogP contribution >= 0.6 is 0 Å². The Bertz CT molecular complexity index is 10800. The fraction of sp³-hybridized carbons (Fsp3) is 0. The fourth-order valence-corrected chi connectivity index (χ4v) is 22.9. The van der Waals surface area contributed by atoms with Gasteiger partial charge in [-0.15, -0.1) is 0 Å². The number of pyridine rings is 5. The van der Waals surface area contributed by atoms with Gasteiger partial charge in [0.05, 0.1) is 68.2 Å². The smallest absolute Gasteiger partial charge is 0.145 e. The van der Waals surface area contributed by atoms with Gasteiger partial charge in [-0.3, -0.25) is 24.5 Å². The molecule has 0 spiro atoms. The molecule has 0 aliphatic rings. The van der Waals surface area contributed by atoms with Crippen LogP contribution in [0.15, 0.2) is 504 Å². The lowest BCUT2D eigenvalue weighted by molar-refractivity contribution is 0.668. The van der Waals surface area contributed by atoms with Gasteiger partial charge in [-0.1, -0.05) is 212 Å². The maximum absolute atomic E-state index is 6.36. The number of rotatable bonds is 11. The van der Waals surface area contributed by atoms with E-state index >= 15 is 0 Å². The lowest BCUT2D eigenvalue weighted by atomic mass is 9.95. The van der Waals surface area contributed by atoms with E-state index in [0.29, 0.717) is 0 Å². The van der Waals surface area contributed by atoms with Crippen LogP contribution in [0.2, 0.25) is 0 Å².